The summed E-state index contributed by atoms with van der Waals surface area (Å²) < 4.78 is 66.1. The smallest absolute Gasteiger partial charge is 0.240 e. The zero-order valence-electron chi connectivity index (χ0n) is 22.9. The molecular formula is C28H36N4O6S2. The van der Waals surface area contributed by atoms with Gasteiger partial charge in [-0.1, -0.05) is 30.3 Å². The number of nitrogens with zero attached hydrogens (tertiary/aromatic N) is 2. The molecule has 4 rings (SSSR count). The van der Waals surface area contributed by atoms with Crippen LogP contribution in [0.5, 0.6) is 11.5 Å². The van der Waals surface area contributed by atoms with Crippen molar-refractivity contribution in [1.29, 1.82) is 0 Å². The number of anilines is 2. The van der Waals surface area contributed by atoms with Crippen LogP contribution in [0.15, 0.2) is 77.7 Å². The molecule has 0 amide bonds. The summed E-state index contributed by atoms with van der Waals surface area (Å²) in [7, 11) is -4.07. The van der Waals surface area contributed by atoms with Gasteiger partial charge in [0.25, 0.3) is 0 Å². The van der Waals surface area contributed by atoms with Gasteiger partial charge in [0.15, 0.2) is 0 Å². The fourth-order valence-electron chi connectivity index (χ4n) is 4.57. The minimum Gasteiger partial charge on any atom is -0.497 e. The van der Waals surface area contributed by atoms with Crippen LogP contribution in [0, 0.1) is 0 Å². The zero-order chi connectivity index (χ0) is 28.8. The second-order valence-corrected chi connectivity index (χ2v) is 13.3. The molecule has 0 saturated carbocycles. The van der Waals surface area contributed by atoms with Crippen LogP contribution in [0.25, 0.3) is 0 Å². The Hall–Kier alpha value is -3.32. The van der Waals surface area contributed by atoms with Crippen molar-refractivity contribution in [3.8, 4) is 11.5 Å². The van der Waals surface area contributed by atoms with Crippen LogP contribution in [0.1, 0.15) is 12.5 Å². The fourth-order valence-corrected chi connectivity index (χ4v) is 6.28. The number of piperazine rings is 1. The number of sulfonamides is 2. The van der Waals surface area contributed by atoms with E-state index in [2.05, 4.69) is 31.4 Å². The van der Waals surface area contributed by atoms with Crippen LogP contribution >= 0.6 is 0 Å². The number of nitrogens with one attached hydrogen (secondary N) is 2. The minimum atomic E-state index is -3.84. The maximum absolute atomic E-state index is 13.2. The highest BCUT2D eigenvalue weighted by Gasteiger charge is 2.29. The standard InChI is InChI=1S/C28H36N4O6S2/c1-4-39(33,34)30-23-10-12-28(13-11-23)40(35,36)29-19-25-21-32(24-16-26(37-2)18-27(17-24)38-3)15-14-31(25)20-22-8-6-5-7-9-22/h5-13,16-18,25,29-30H,4,14-15,19-21H2,1-3H3. The van der Waals surface area contributed by atoms with Gasteiger partial charge < -0.3 is 14.4 Å². The van der Waals surface area contributed by atoms with Crippen LogP contribution in [-0.2, 0) is 26.6 Å². The van der Waals surface area contributed by atoms with Crippen LogP contribution in [0.2, 0.25) is 0 Å². The third-order valence-corrected chi connectivity index (χ3v) is 9.61. The molecule has 1 aliphatic rings. The quantitative estimate of drug-likeness (QED) is 0.332. The summed E-state index contributed by atoms with van der Waals surface area (Å²) in [5.74, 6) is 1.29. The van der Waals surface area contributed by atoms with Gasteiger partial charge in [-0.25, -0.2) is 21.6 Å². The summed E-state index contributed by atoms with van der Waals surface area (Å²) in [4.78, 5) is 4.56. The molecule has 12 heteroatoms. The van der Waals surface area contributed by atoms with E-state index in [0.717, 1.165) is 24.3 Å². The Bertz CT molecular complexity index is 1460. The van der Waals surface area contributed by atoms with Crippen molar-refractivity contribution in [1.82, 2.24) is 9.62 Å². The van der Waals surface area contributed by atoms with Crippen LogP contribution in [0.3, 0.4) is 0 Å². The fraction of sp³-hybridized carbons (Fsp3) is 0.357. The lowest BCUT2D eigenvalue weighted by molar-refractivity contribution is 0.169. The lowest BCUT2D eigenvalue weighted by atomic mass is 10.1. The van der Waals surface area contributed by atoms with Crippen LogP contribution in [-0.4, -0.2) is 73.9 Å². The first-order valence-electron chi connectivity index (χ1n) is 13.0. The summed E-state index contributed by atoms with van der Waals surface area (Å²) in [6.45, 7) is 4.48. The number of rotatable bonds is 12. The lowest BCUT2D eigenvalue weighted by Gasteiger charge is -2.42. The molecule has 1 fully saturated rings. The van der Waals surface area contributed by atoms with Gasteiger partial charge in [0.05, 0.1) is 24.9 Å². The van der Waals surface area contributed by atoms with Gasteiger partial charge in [-0.3, -0.25) is 9.62 Å². The summed E-state index contributed by atoms with van der Waals surface area (Å²) in [6.07, 6.45) is 0. The van der Waals surface area contributed by atoms with Crippen molar-refractivity contribution < 1.29 is 26.3 Å². The molecule has 0 spiro atoms. The molecule has 1 atom stereocenters. The molecule has 216 valence electrons. The predicted molar refractivity (Wildman–Crippen MR) is 157 cm³/mol. The first-order valence-corrected chi connectivity index (χ1v) is 16.1. The summed E-state index contributed by atoms with van der Waals surface area (Å²) in [6, 6.07) is 21.4. The second-order valence-electron chi connectivity index (χ2n) is 9.51. The van der Waals surface area contributed by atoms with Gasteiger partial charge in [0.2, 0.25) is 20.0 Å². The maximum Gasteiger partial charge on any atom is 0.240 e. The van der Waals surface area contributed by atoms with Gasteiger partial charge in [-0.2, -0.15) is 0 Å². The normalized spacial score (nSPS) is 16.5. The van der Waals surface area contributed by atoms with Crippen molar-refractivity contribution in [2.45, 2.75) is 24.4 Å². The van der Waals surface area contributed by atoms with Crippen molar-refractivity contribution in [3.05, 3.63) is 78.4 Å². The maximum atomic E-state index is 13.2. The first-order chi connectivity index (χ1) is 19.1. The molecular weight excluding hydrogens is 552 g/mol. The molecule has 40 heavy (non-hydrogen) atoms. The Morgan fingerprint density at radius 1 is 0.875 bits per heavy atom. The number of benzene rings is 3. The van der Waals surface area contributed by atoms with Gasteiger partial charge in [-0.05, 0) is 36.8 Å². The first kappa shape index (κ1) is 29.7. The van der Waals surface area contributed by atoms with Crippen LogP contribution < -0.4 is 23.8 Å². The molecule has 10 nitrogen and oxygen atoms in total. The molecule has 2 N–H and O–H groups in total. The Kier molecular flexibility index (Phi) is 9.56. The third kappa shape index (κ3) is 7.66. The number of ether oxygens (including phenoxy) is 2. The van der Waals surface area contributed by atoms with Gasteiger partial charge in [-0.15, -0.1) is 0 Å². The molecule has 3 aromatic carbocycles. The Morgan fingerprint density at radius 2 is 1.52 bits per heavy atom. The molecule has 0 aliphatic carbocycles. The van der Waals surface area contributed by atoms with Gasteiger partial charge in [0.1, 0.15) is 11.5 Å². The number of hydrogen-bond donors (Lipinski definition) is 2. The predicted octanol–water partition coefficient (Wildman–Crippen LogP) is 3.13. The topological polar surface area (TPSA) is 117 Å². The van der Waals surface area contributed by atoms with E-state index in [1.54, 1.807) is 14.2 Å². The van der Waals surface area contributed by atoms with Crippen molar-refractivity contribution in [3.63, 3.8) is 0 Å². The second kappa shape index (κ2) is 12.9. The largest absolute Gasteiger partial charge is 0.497 e. The highest BCUT2D eigenvalue weighted by Crippen LogP contribution is 2.30. The summed E-state index contributed by atoms with van der Waals surface area (Å²) in [5.41, 5.74) is 2.40. The van der Waals surface area contributed by atoms with Gasteiger partial charge >= 0.3 is 0 Å². The molecule has 1 aliphatic heterocycles. The van der Waals surface area contributed by atoms with Crippen LogP contribution in [0.4, 0.5) is 11.4 Å². The molecule has 3 aromatic rings. The van der Waals surface area contributed by atoms with E-state index in [0.29, 0.717) is 30.3 Å². The Balaban J connectivity index is 1.52. The Morgan fingerprint density at radius 3 is 2.12 bits per heavy atom. The zero-order valence-corrected chi connectivity index (χ0v) is 24.5. The molecule has 0 bridgehead atoms. The van der Waals surface area contributed by atoms with E-state index in [1.807, 2.05) is 36.4 Å². The molecule has 1 unspecified atom stereocenters. The van der Waals surface area contributed by atoms with E-state index < -0.39 is 20.0 Å². The highest BCUT2D eigenvalue weighted by atomic mass is 32.2. The molecule has 0 radical (unpaired) electrons. The average Bonchev–Trinajstić information content (AvgIpc) is 2.97. The Labute approximate surface area is 237 Å². The van der Waals surface area contributed by atoms with Gasteiger partial charge in [0, 0.05) is 68.3 Å². The molecule has 1 saturated heterocycles. The average molecular weight is 589 g/mol. The number of methoxy groups -OCH3 is 2. The summed E-state index contributed by atoms with van der Waals surface area (Å²) in [5, 5.41) is 0. The van der Waals surface area contributed by atoms with E-state index in [-0.39, 0.29) is 23.2 Å². The van der Waals surface area contributed by atoms with Crippen molar-refractivity contribution in [2.75, 3.05) is 55.8 Å². The monoisotopic (exact) mass is 588 g/mol. The van der Waals surface area contributed by atoms with Crippen molar-refractivity contribution in [2.24, 2.45) is 0 Å². The third-order valence-electron chi connectivity index (χ3n) is 6.86. The lowest BCUT2D eigenvalue weighted by Crippen LogP contribution is -2.56. The van der Waals surface area contributed by atoms with Crippen molar-refractivity contribution >= 4 is 31.4 Å². The van der Waals surface area contributed by atoms with E-state index in [1.165, 1.54) is 31.2 Å². The molecule has 1 heterocycles. The van der Waals surface area contributed by atoms with E-state index in [4.69, 9.17) is 9.47 Å². The number of hydrogen-bond acceptors (Lipinski definition) is 8. The van der Waals surface area contributed by atoms with E-state index in [9.17, 15) is 16.8 Å². The minimum absolute atomic E-state index is 0.0618. The highest BCUT2D eigenvalue weighted by molar-refractivity contribution is 7.92. The van der Waals surface area contributed by atoms with E-state index >= 15 is 0 Å². The SMILES string of the molecule is CCS(=O)(=O)Nc1ccc(S(=O)(=O)NCC2CN(c3cc(OC)cc(OC)c3)CCN2Cc2ccccc2)cc1. The summed E-state index contributed by atoms with van der Waals surface area (Å²) >= 11 is 0. The molecule has 0 aromatic heterocycles.